The average molecular weight is 609 g/mol. The predicted molar refractivity (Wildman–Crippen MR) is 166 cm³/mol. The van der Waals surface area contributed by atoms with Gasteiger partial charge < -0.3 is 14.6 Å². The molecule has 0 radical (unpaired) electrons. The smallest absolute Gasteiger partial charge is 0.415 e. The minimum atomic E-state index is -3.03. The molecule has 0 spiro atoms. The van der Waals surface area contributed by atoms with Gasteiger partial charge in [-0.25, -0.2) is 13.2 Å². The van der Waals surface area contributed by atoms with Crippen molar-refractivity contribution in [2.24, 2.45) is 5.92 Å². The summed E-state index contributed by atoms with van der Waals surface area (Å²) >= 11 is 0. The Morgan fingerprint density at radius 2 is 1.77 bits per heavy atom. The number of aliphatic carboxylic acids is 1. The highest BCUT2D eigenvalue weighted by Crippen LogP contribution is 2.47. The molecule has 1 aliphatic carbocycles. The Kier molecular flexibility index (Phi) is 9.49. The first-order valence-electron chi connectivity index (χ1n) is 14.3. The number of aryl methyl sites for hydroxylation is 2. The number of carboxylic acids is 1. The molecule has 0 unspecified atom stereocenters. The second-order valence-electron chi connectivity index (χ2n) is 12.3. The molecule has 3 aromatic rings. The van der Waals surface area contributed by atoms with Crippen LogP contribution in [0.3, 0.4) is 0 Å². The second-order valence-corrected chi connectivity index (χ2v) is 14.5. The minimum absolute atomic E-state index is 0.0854. The van der Waals surface area contributed by atoms with E-state index in [0.717, 1.165) is 27.8 Å². The van der Waals surface area contributed by atoms with Gasteiger partial charge in [0.05, 0.1) is 36.7 Å². The molecule has 0 bridgehead atoms. The summed E-state index contributed by atoms with van der Waals surface area (Å²) in [6.07, 6.45) is 3.31. The summed E-state index contributed by atoms with van der Waals surface area (Å²) in [5.74, 6) is -0.550. The van der Waals surface area contributed by atoms with E-state index in [1.165, 1.54) is 11.2 Å². The van der Waals surface area contributed by atoms with E-state index in [2.05, 4.69) is 4.98 Å². The number of pyridine rings is 1. The van der Waals surface area contributed by atoms with Crippen LogP contribution >= 0.6 is 0 Å². The third kappa shape index (κ3) is 8.79. The summed E-state index contributed by atoms with van der Waals surface area (Å²) in [5.41, 5.74) is 5.52. The van der Waals surface area contributed by atoms with Crippen LogP contribution in [0.4, 0.5) is 10.5 Å². The quantitative estimate of drug-likeness (QED) is 0.251. The molecule has 1 N–H and O–H groups in total. The van der Waals surface area contributed by atoms with Crippen LogP contribution in [-0.4, -0.2) is 54.8 Å². The fourth-order valence-corrected chi connectivity index (χ4v) is 5.77. The van der Waals surface area contributed by atoms with Gasteiger partial charge in [0.2, 0.25) is 0 Å². The van der Waals surface area contributed by atoms with E-state index in [0.29, 0.717) is 36.6 Å². The fraction of sp³-hybridized carbons (Fsp3) is 0.424. The molecule has 1 fully saturated rings. The summed E-state index contributed by atoms with van der Waals surface area (Å²) in [5, 5.41) is 9.27. The van der Waals surface area contributed by atoms with Crippen LogP contribution in [0, 0.1) is 19.8 Å². The molecule has 1 amide bonds. The third-order valence-electron chi connectivity index (χ3n) is 7.17. The lowest BCUT2D eigenvalue weighted by Gasteiger charge is -2.27. The van der Waals surface area contributed by atoms with E-state index in [-0.39, 0.29) is 18.2 Å². The monoisotopic (exact) mass is 608 g/mol. The van der Waals surface area contributed by atoms with Crippen molar-refractivity contribution in [1.82, 2.24) is 4.98 Å². The van der Waals surface area contributed by atoms with Crippen LogP contribution in [-0.2, 0) is 25.9 Å². The van der Waals surface area contributed by atoms with Crippen LogP contribution in [0.15, 0.2) is 54.7 Å². The number of carbonyl (C=O) groups is 2. The number of hydrogen-bond acceptors (Lipinski definition) is 7. The molecule has 10 heteroatoms. The van der Waals surface area contributed by atoms with Gasteiger partial charge in [-0.1, -0.05) is 18.2 Å². The van der Waals surface area contributed by atoms with E-state index in [4.69, 9.17) is 9.47 Å². The highest BCUT2D eigenvalue weighted by atomic mass is 32.2. The zero-order valence-electron chi connectivity index (χ0n) is 25.6. The number of hydrogen-bond donors (Lipinski definition) is 1. The molecule has 0 aliphatic heterocycles. The average Bonchev–Trinajstić information content (AvgIpc) is 3.70. The molecular weight excluding hydrogens is 568 g/mol. The van der Waals surface area contributed by atoms with Crippen molar-refractivity contribution in [2.75, 3.05) is 23.5 Å². The van der Waals surface area contributed by atoms with E-state index in [9.17, 15) is 23.1 Å². The van der Waals surface area contributed by atoms with E-state index in [1.54, 1.807) is 18.3 Å². The minimum Gasteiger partial charge on any atom is -0.494 e. The lowest BCUT2D eigenvalue weighted by atomic mass is 9.94. The van der Waals surface area contributed by atoms with E-state index >= 15 is 0 Å². The number of amides is 1. The molecule has 1 heterocycles. The number of sulfone groups is 1. The summed E-state index contributed by atoms with van der Waals surface area (Å²) in [7, 11) is -3.03. The topological polar surface area (TPSA) is 123 Å². The zero-order chi connectivity index (χ0) is 31.5. The Labute approximate surface area is 253 Å². The van der Waals surface area contributed by atoms with Crippen molar-refractivity contribution in [3.05, 3.63) is 77.1 Å². The van der Waals surface area contributed by atoms with Gasteiger partial charge in [-0.3, -0.25) is 14.7 Å². The van der Waals surface area contributed by atoms with Crippen molar-refractivity contribution in [3.63, 3.8) is 0 Å². The molecule has 4 rings (SSSR count). The van der Waals surface area contributed by atoms with Gasteiger partial charge in [-0.2, -0.15) is 0 Å². The first kappa shape index (κ1) is 32.0. The van der Waals surface area contributed by atoms with Gasteiger partial charge >= 0.3 is 12.1 Å². The first-order chi connectivity index (χ1) is 20.1. The van der Waals surface area contributed by atoms with Crippen LogP contribution < -0.4 is 9.64 Å². The molecule has 230 valence electrons. The zero-order valence-corrected chi connectivity index (χ0v) is 26.4. The number of carboxylic acid groups (broad SMARTS) is 1. The van der Waals surface area contributed by atoms with Gasteiger partial charge in [-0.15, -0.1) is 0 Å². The summed E-state index contributed by atoms with van der Waals surface area (Å²) < 4.78 is 34.3. The fourth-order valence-electron chi connectivity index (χ4n) is 5.13. The van der Waals surface area contributed by atoms with Gasteiger partial charge in [0.25, 0.3) is 0 Å². The maximum absolute atomic E-state index is 13.4. The number of nitrogens with zero attached hydrogens (tertiary/aromatic N) is 2. The van der Waals surface area contributed by atoms with Gasteiger partial charge in [0, 0.05) is 17.9 Å². The number of ether oxygens (including phenoxy) is 2. The standard InChI is InChI=1S/C33H40N2O7S/c1-21-15-26(41-13-8-14-43(6,39)40)16-22(2)30(21)24-10-7-9-23(17-24)20-35(32(38)42-33(3,4)5)25-11-12-29(34-19-25)27-18-28(27)31(36)37/h7,9-12,15-17,19,27-28H,8,13-14,18,20H2,1-6H3,(H,36,37)/t27-,28-/m0/s1. The van der Waals surface area contributed by atoms with Gasteiger partial charge in [0.1, 0.15) is 21.2 Å². The first-order valence-corrected chi connectivity index (χ1v) is 16.4. The van der Waals surface area contributed by atoms with Crippen LogP contribution in [0.2, 0.25) is 0 Å². The number of benzene rings is 2. The molecule has 1 saturated carbocycles. The molecule has 1 aliphatic rings. The molecule has 1 aromatic heterocycles. The van der Waals surface area contributed by atoms with Crippen molar-refractivity contribution < 1.29 is 32.6 Å². The summed E-state index contributed by atoms with van der Waals surface area (Å²) in [4.78, 5) is 30.7. The van der Waals surface area contributed by atoms with E-state index < -0.39 is 33.4 Å². The van der Waals surface area contributed by atoms with Crippen LogP contribution in [0.25, 0.3) is 11.1 Å². The van der Waals surface area contributed by atoms with Crippen LogP contribution in [0.1, 0.15) is 61.9 Å². The van der Waals surface area contributed by atoms with Crippen molar-refractivity contribution in [2.45, 2.75) is 65.5 Å². The number of rotatable bonds is 11. The molecule has 2 atom stereocenters. The SMILES string of the molecule is Cc1cc(OCCCS(C)(=O)=O)cc(C)c1-c1cccc(CN(C(=O)OC(C)(C)C)c2ccc([C@H]3C[C@@H]3C(=O)O)nc2)c1. The van der Waals surface area contributed by atoms with Crippen molar-refractivity contribution in [3.8, 4) is 16.9 Å². The number of aromatic nitrogens is 1. The van der Waals surface area contributed by atoms with Gasteiger partial charge in [-0.05, 0) is 106 Å². The Bertz CT molecular complexity index is 1570. The highest BCUT2D eigenvalue weighted by molar-refractivity contribution is 7.90. The summed E-state index contributed by atoms with van der Waals surface area (Å²) in [6.45, 7) is 10.0. The third-order valence-corrected chi connectivity index (χ3v) is 8.20. The predicted octanol–water partition coefficient (Wildman–Crippen LogP) is 6.31. The maximum atomic E-state index is 13.4. The Morgan fingerprint density at radius 3 is 2.33 bits per heavy atom. The second kappa shape index (κ2) is 12.8. The molecule has 43 heavy (non-hydrogen) atoms. The Morgan fingerprint density at radius 1 is 1.07 bits per heavy atom. The molecule has 9 nitrogen and oxygen atoms in total. The van der Waals surface area contributed by atoms with Crippen molar-refractivity contribution in [1.29, 1.82) is 0 Å². The highest BCUT2D eigenvalue weighted by Gasteiger charge is 2.45. The lowest BCUT2D eigenvalue weighted by Crippen LogP contribution is -2.36. The Hall–Kier alpha value is -3.92. The van der Waals surface area contributed by atoms with Gasteiger partial charge in [0.15, 0.2) is 0 Å². The molecular formula is C33H40N2O7S. The summed E-state index contributed by atoms with van der Waals surface area (Å²) in [6, 6.07) is 15.4. The van der Waals surface area contributed by atoms with E-state index in [1.807, 2.05) is 71.0 Å². The number of anilines is 1. The molecule has 0 saturated heterocycles. The van der Waals surface area contributed by atoms with Crippen molar-refractivity contribution >= 4 is 27.6 Å². The largest absolute Gasteiger partial charge is 0.494 e. The lowest BCUT2D eigenvalue weighted by molar-refractivity contribution is -0.138. The molecule has 2 aromatic carbocycles. The maximum Gasteiger partial charge on any atom is 0.415 e. The number of carbonyl (C=O) groups excluding carboxylic acids is 1. The Balaban J connectivity index is 1.56. The van der Waals surface area contributed by atoms with Crippen LogP contribution in [0.5, 0.6) is 5.75 Å². The normalized spacial score (nSPS) is 16.4.